The van der Waals surface area contributed by atoms with Gasteiger partial charge in [0.25, 0.3) is 0 Å². The van der Waals surface area contributed by atoms with Crippen LogP contribution in [0.4, 0.5) is 5.13 Å². The van der Waals surface area contributed by atoms with Gasteiger partial charge in [0, 0.05) is 25.6 Å². The Bertz CT molecular complexity index is 659. The van der Waals surface area contributed by atoms with Crippen LogP contribution in [0.3, 0.4) is 0 Å². The van der Waals surface area contributed by atoms with E-state index in [1.807, 2.05) is 6.92 Å². The number of hydrogen-bond donors (Lipinski definition) is 1. The molecule has 0 radical (unpaired) electrons. The molecule has 122 valence electrons. The van der Waals surface area contributed by atoms with Crippen molar-refractivity contribution in [2.24, 2.45) is 5.92 Å². The van der Waals surface area contributed by atoms with Gasteiger partial charge in [0.1, 0.15) is 5.01 Å². The first-order valence-corrected chi connectivity index (χ1v) is 8.82. The van der Waals surface area contributed by atoms with Crippen molar-refractivity contribution < 1.29 is 4.79 Å². The van der Waals surface area contributed by atoms with Crippen molar-refractivity contribution in [3.05, 3.63) is 40.4 Å². The lowest BCUT2D eigenvalue weighted by Crippen LogP contribution is -2.40. The SMILES string of the molecule is Cc1ccc(CNC(=O)C2CCN(c3nnc(C)s3)CC2)cc1. The van der Waals surface area contributed by atoms with Crippen LogP contribution in [0.1, 0.15) is 29.0 Å². The van der Waals surface area contributed by atoms with E-state index in [1.165, 1.54) is 5.56 Å². The number of nitrogens with one attached hydrogen (secondary N) is 1. The minimum atomic E-state index is 0.103. The molecule has 0 aliphatic carbocycles. The maximum absolute atomic E-state index is 12.3. The van der Waals surface area contributed by atoms with Gasteiger partial charge in [-0.1, -0.05) is 41.2 Å². The number of nitrogens with zero attached hydrogens (tertiary/aromatic N) is 3. The van der Waals surface area contributed by atoms with Crippen molar-refractivity contribution in [3.8, 4) is 0 Å². The van der Waals surface area contributed by atoms with E-state index in [9.17, 15) is 4.79 Å². The zero-order chi connectivity index (χ0) is 16.2. The molecule has 0 spiro atoms. The highest BCUT2D eigenvalue weighted by atomic mass is 32.1. The molecule has 2 aromatic rings. The predicted octanol–water partition coefficient (Wildman–Crippen LogP) is 2.69. The summed E-state index contributed by atoms with van der Waals surface area (Å²) < 4.78 is 0. The standard InChI is InChI=1S/C17H22N4OS/c1-12-3-5-14(6-4-12)11-18-16(22)15-7-9-21(10-8-15)17-20-19-13(2)23-17/h3-6,15H,7-11H2,1-2H3,(H,18,22). The fourth-order valence-corrected chi connectivity index (χ4v) is 3.53. The number of benzene rings is 1. The van der Waals surface area contributed by atoms with Crippen LogP contribution in [0, 0.1) is 19.8 Å². The van der Waals surface area contributed by atoms with Gasteiger partial charge in [-0.05, 0) is 32.3 Å². The summed E-state index contributed by atoms with van der Waals surface area (Å²) in [7, 11) is 0. The van der Waals surface area contributed by atoms with Crippen molar-refractivity contribution in [3.63, 3.8) is 0 Å². The molecular formula is C17H22N4OS. The molecular weight excluding hydrogens is 308 g/mol. The third-order valence-corrected chi connectivity index (χ3v) is 5.14. The van der Waals surface area contributed by atoms with Crippen molar-refractivity contribution in [2.75, 3.05) is 18.0 Å². The number of rotatable bonds is 4. The Morgan fingerprint density at radius 1 is 1.22 bits per heavy atom. The Morgan fingerprint density at radius 2 is 1.91 bits per heavy atom. The Labute approximate surface area is 140 Å². The molecule has 0 atom stereocenters. The van der Waals surface area contributed by atoms with E-state index in [-0.39, 0.29) is 11.8 Å². The lowest BCUT2D eigenvalue weighted by Gasteiger charge is -2.30. The molecule has 3 rings (SSSR count). The molecule has 1 amide bonds. The van der Waals surface area contributed by atoms with Gasteiger partial charge in [-0.15, -0.1) is 10.2 Å². The summed E-state index contributed by atoms with van der Waals surface area (Å²) in [5.74, 6) is 0.268. The summed E-state index contributed by atoms with van der Waals surface area (Å²) in [4.78, 5) is 14.6. The van der Waals surface area contributed by atoms with E-state index in [2.05, 4.69) is 51.6 Å². The van der Waals surface area contributed by atoms with Crippen LogP contribution in [-0.2, 0) is 11.3 Å². The van der Waals surface area contributed by atoms with Gasteiger partial charge < -0.3 is 10.2 Å². The number of aromatic nitrogens is 2. The molecule has 1 aliphatic heterocycles. The average Bonchev–Trinajstić information content (AvgIpc) is 3.01. The summed E-state index contributed by atoms with van der Waals surface area (Å²) in [6.07, 6.45) is 1.75. The molecule has 6 heteroatoms. The second kappa shape index (κ2) is 7.08. The second-order valence-corrected chi connectivity index (χ2v) is 7.23. The summed E-state index contributed by atoms with van der Waals surface area (Å²) in [6, 6.07) is 8.28. The van der Waals surface area contributed by atoms with Gasteiger partial charge >= 0.3 is 0 Å². The summed E-state index contributed by atoms with van der Waals surface area (Å²) >= 11 is 1.62. The Morgan fingerprint density at radius 3 is 2.52 bits per heavy atom. The monoisotopic (exact) mass is 330 g/mol. The minimum Gasteiger partial charge on any atom is -0.352 e. The molecule has 1 aliphatic rings. The highest BCUT2D eigenvalue weighted by Gasteiger charge is 2.26. The van der Waals surface area contributed by atoms with Gasteiger partial charge in [0.05, 0.1) is 0 Å². The van der Waals surface area contributed by atoms with Gasteiger partial charge in [-0.3, -0.25) is 4.79 Å². The maximum Gasteiger partial charge on any atom is 0.223 e. The van der Waals surface area contributed by atoms with Gasteiger partial charge in [-0.2, -0.15) is 0 Å². The minimum absolute atomic E-state index is 0.103. The van der Waals surface area contributed by atoms with Crippen LogP contribution >= 0.6 is 11.3 Å². The summed E-state index contributed by atoms with van der Waals surface area (Å²) in [5, 5.41) is 13.3. The van der Waals surface area contributed by atoms with Gasteiger partial charge in [0.2, 0.25) is 11.0 Å². The molecule has 0 saturated carbocycles. The van der Waals surface area contributed by atoms with Crippen molar-refractivity contribution >= 4 is 22.4 Å². The first-order chi connectivity index (χ1) is 11.1. The lowest BCUT2D eigenvalue weighted by atomic mass is 9.96. The number of aryl methyl sites for hydroxylation is 2. The van der Waals surface area contributed by atoms with Crippen LogP contribution in [-0.4, -0.2) is 29.2 Å². The average molecular weight is 330 g/mol. The Balaban J connectivity index is 1.47. The van der Waals surface area contributed by atoms with Gasteiger partial charge in [-0.25, -0.2) is 0 Å². The third-order valence-electron chi connectivity index (χ3n) is 4.24. The van der Waals surface area contributed by atoms with E-state index in [1.54, 1.807) is 11.3 Å². The van der Waals surface area contributed by atoms with Crippen molar-refractivity contribution in [1.82, 2.24) is 15.5 Å². The number of carbonyl (C=O) groups excluding carboxylic acids is 1. The molecule has 1 N–H and O–H groups in total. The first-order valence-electron chi connectivity index (χ1n) is 8.00. The Hall–Kier alpha value is -1.95. The van der Waals surface area contributed by atoms with E-state index < -0.39 is 0 Å². The molecule has 5 nitrogen and oxygen atoms in total. The van der Waals surface area contributed by atoms with E-state index in [4.69, 9.17) is 0 Å². The molecule has 1 aromatic heterocycles. The van der Waals surface area contributed by atoms with Crippen LogP contribution in [0.15, 0.2) is 24.3 Å². The highest BCUT2D eigenvalue weighted by molar-refractivity contribution is 7.15. The number of carbonyl (C=O) groups is 1. The lowest BCUT2D eigenvalue weighted by molar-refractivity contribution is -0.125. The van der Waals surface area contributed by atoms with Crippen LogP contribution in [0.25, 0.3) is 0 Å². The number of piperidine rings is 1. The van der Waals surface area contributed by atoms with E-state index >= 15 is 0 Å². The number of anilines is 1. The number of hydrogen-bond acceptors (Lipinski definition) is 5. The fraction of sp³-hybridized carbons (Fsp3) is 0.471. The quantitative estimate of drug-likeness (QED) is 0.936. The predicted molar refractivity (Wildman–Crippen MR) is 92.6 cm³/mol. The molecule has 0 bridgehead atoms. The first kappa shape index (κ1) is 15.9. The van der Waals surface area contributed by atoms with Gasteiger partial charge in [0.15, 0.2) is 0 Å². The molecule has 1 saturated heterocycles. The normalized spacial score (nSPS) is 15.7. The summed E-state index contributed by atoms with van der Waals surface area (Å²) in [6.45, 7) is 6.38. The number of amides is 1. The fourth-order valence-electron chi connectivity index (χ4n) is 2.79. The van der Waals surface area contributed by atoms with Crippen molar-refractivity contribution in [1.29, 1.82) is 0 Å². The molecule has 23 heavy (non-hydrogen) atoms. The smallest absolute Gasteiger partial charge is 0.223 e. The topological polar surface area (TPSA) is 58.1 Å². The molecule has 0 unspecified atom stereocenters. The van der Waals surface area contributed by atoms with Crippen LogP contribution in [0.5, 0.6) is 0 Å². The highest BCUT2D eigenvalue weighted by Crippen LogP contribution is 2.25. The van der Waals surface area contributed by atoms with E-state index in [0.717, 1.165) is 41.6 Å². The Kier molecular flexibility index (Phi) is 4.91. The third kappa shape index (κ3) is 4.07. The molecule has 1 aromatic carbocycles. The molecule has 2 heterocycles. The largest absolute Gasteiger partial charge is 0.352 e. The van der Waals surface area contributed by atoms with Crippen LogP contribution < -0.4 is 10.2 Å². The van der Waals surface area contributed by atoms with E-state index in [0.29, 0.717) is 6.54 Å². The zero-order valence-electron chi connectivity index (χ0n) is 13.6. The van der Waals surface area contributed by atoms with Crippen molar-refractivity contribution in [2.45, 2.75) is 33.2 Å². The molecule has 1 fully saturated rings. The summed E-state index contributed by atoms with van der Waals surface area (Å²) in [5.41, 5.74) is 2.38. The zero-order valence-corrected chi connectivity index (χ0v) is 14.4. The van der Waals surface area contributed by atoms with Crippen LogP contribution in [0.2, 0.25) is 0 Å². The second-order valence-electron chi connectivity index (χ2n) is 6.07. The maximum atomic E-state index is 12.3.